The second kappa shape index (κ2) is 11.8. The van der Waals surface area contributed by atoms with Crippen LogP contribution in [0.1, 0.15) is 32.6 Å². The van der Waals surface area contributed by atoms with Gasteiger partial charge in [-0.1, -0.05) is 6.58 Å². The Kier molecular flexibility index (Phi) is 7.77. The zero-order valence-electron chi connectivity index (χ0n) is 24.4. The smallest absolute Gasteiger partial charge is 0.342 e. The van der Waals surface area contributed by atoms with Crippen LogP contribution in [0.3, 0.4) is 0 Å². The van der Waals surface area contributed by atoms with Crippen molar-refractivity contribution in [1.82, 2.24) is 30.0 Å². The SMILES string of the molecule is C=CC(=O)N1CCC(Oc2cc3c(Nc4ccc(Oc5ccn(C(=O)NC6(C)CC6)n5)cc4F)ncnc3cc2OC)CC1. The molecule has 2 fully saturated rings. The number of carbonyl (C=O) groups excluding carboxylic acids is 2. The Hall–Kier alpha value is -5.20. The summed E-state index contributed by atoms with van der Waals surface area (Å²) in [7, 11) is 1.55. The number of benzene rings is 2. The summed E-state index contributed by atoms with van der Waals surface area (Å²) >= 11 is 0. The summed E-state index contributed by atoms with van der Waals surface area (Å²) in [5, 5.41) is 10.7. The topological polar surface area (TPSA) is 133 Å². The fraction of sp³-hybridized carbons (Fsp3) is 0.323. The molecule has 0 spiro atoms. The van der Waals surface area contributed by atoms with Crippen LogP contribution in [0.25, 0.3) is 10.9 Å². The van der Waals surface area contributed by atoms with Crippen molar-refractivity contribution in [2.45, 2.75) is 44.2 Å². The molecule has 2 N–H and O–H groups in total. The van der Waals surface area contributed by atoms with Crippen LogP contribution in [-0.2, 0) is 4.79 Å². The number of rotatable bonds is 9. The van der Waals surface area contributed by atoms with Crippen molar-refractivity contribution in [1.29, 1.82) is 0 Å². The summed E-state index contributed by atoms with van der Waals surface area (Å²) in [6, 6.07) is 9.02. The summed E-state index contributed by atoms with van der Waals surface area (Å²) in [5.74, 6) is 1.06. The quantitative estimate of drug-likeness (QED) is 0.249. The molecule has 2 aromatic carbocycles. The van der Waals surface area contributed by atoms with Crippen molar-refractivity contribution >= 4 is 34.3 Å². The number of halogens is 1. The highest BCUT2D eigenvalue weighted by atomic mass is 19.1. The Morgan fingerprint density at radius 3 is 2.61 bits per heavy atom. The van der Waals surface area contributed by atoms with Gasteiger partial charge in [-0.25, -0.2) is 19.2 Å². The van der Waals surface area contributed by atoms with E-state index >= 15 is 4.39 Å². The number of likely N-dealkylation sites (tertiary alicyclic amines) is 1. The predicted octanol–water partition coefficient (Wildman–Crippen LogP) is 5.18. The lowest BCUT2D eigenvalue weighted by Crippen LogP contribution is -2.41. The highest BCUT2D eigenvalue weighted by Crippen LogP contribution is 2.37. The van der Waals surface area contributed by atoms with Crippen LogP contribution in [0.2, 0.25) is 0 Å². The number of fused-ring (bicyclic) bond motifs is 1. The molecule has 0 radical (unpaired) electrons. The highest BCUT2D eigenvalue weighted by Gasteiger charge is 2.39. The van der Waals surface area contributed by atoms with Crippen molar-refractivity contribution in [3.05, 3.63) is 67.4 Å². The molecule has 1 saturated carbocycles. The molecule has 1 aliphatic carbocycles. The molecule has 12 nitrogen and oxygen atoms in total. The zero-order valence-corrected chi connectivity index (χ0v) is 24.4. The van der Waals surface area contributed by atoms with Gasteiger partial charge in [0.2, 0.25) is 11.8 Å². The molecule has 1 saturated heterocycles. The molecule has 6 rings (SSSR count). The fourth-order valence-electron chi connectivity index (χ4n) is 4.93. The zero-order chi connectivity index (χ0) is 30.8. The molecule has 228 valence electrons. The molecule has 1 aliphatic heterocycles. The van der Waals surface area contributed by atoms with Crippen molar-refractivity contribution < 1.29 is 28.2 Å². The van der Waals surface area contributed by atoms with Gasteiger partial charge in [0.05, 0.1) is 18.3 Å². The number of piperidine rings is 1. The fourth-order valence-corrected chi connectivity index (χ4v) is 4.93. The minimum Gasteiger partial charge on any atom is -0.493 e. The van der Waals surface area contributed by atoms with Gasteiger partial charge in [0, 0.05) is 61.3 Å². The van der Waals surface area contributed by atoms with Crippen LogP contribution >= 0.6 is 0 Å². The predicted molar refractivity (Wildman–Crippen MR) is 160 cm³/mol. The molecule has 2 amide bonds. The van der Waals surface area contributed by atoms with E-state index in [4.69, 9.17) is 14.2 Å². The number of aromatic nitrogens is 4. The number of hydrogen-bond acceptors (Lipinski definition) is 9. The minimum atomic E-state index is -0.584. The summed E-state index contributed by atoms with van der Waals surface area (Å²) < 4.78 is 33.9. The van der Waals surface area contributed by atoms with E-state index in [2.05, 4.69) is 32.3 Å². The third-order valence-electron chi connectivity index (χ3n) is 7.74. The van der Waals surface area contributed by atoms with Gasteiger partial charge < -0.3 is 29.7 Å². The first-order valence-corrected chi connectivity index (χ1v) is 14.3. The normalized spacial score (nSPS) is 15.8. The molecule has 13 heteroatoms. The van der Waals surface area contributed by atoms with E-state index in [9.17, 15) is 9.59 Å². The van der Waals surface area contributed by atoms with Gasteiger partial charge in [-0.15, -0.1) is 5.10 Å². The molecule has 2 aromatic heterocycles. The number of amides is 2. The van der Waals surface area contributed by atoms with Crippen LogP contribution in [0.4, 0.5) is 20.7 Å². The third kappa shape index (κ3) is 6.26. The first-order valence-electron chi connectivity index (χ1n) is 14.3. The minimum absolute atomic E-state index is 0.0927. The Morgan fingerprint density at radius 1 is 1.11 bits per heavy atom. The van der Waals surface area contributed by atoms with Gasteiger partial charge in [-0.2, -0.15) is 4.68 Å². The summed E-state index contributed by atoms with van der Waals surface area (Å²) in [6.45, 7) is 6.66. The maximum atomic E-state index is 15.2. The van der Waals surface area contributed by atoms with E-state index in [0.717, 1.165) is 17.5 Å². The standard InChI is InChI=1S/C31H32FN7O5/c1-4-28(40)38-12-7-19(8-13-38)43-26-16-21-24(17-25(26)42-3)33-18-34-29(21)35-23-6-5-20(15-22(23)32)44-27-9-14-39(37-27)30(41)36-31(2)10-11-31/h4-6,9,14-19H,1,7-8,10-13H2,2-3H3,(H,36,41)(H,33,34,35). The second-order valence-electron chi connectivity index (χ2n) is 11.0. The molecule has 0 atom stereocenters. The van der Waals surface area contributed by atoms with E-state index in [1.165, 1.54) is 36.8 Å². The molecule has 0 bridgehead atoms. The third-order valence-corrected chi connectivity index (χ3v) is 7.74. The number of hydrogen-bond donors (Lipinski definition) is 2. The first kappa shape index (κ1) is 28.9. The summed E-state index contributed by atoms with van der Waals surface area (Å²) in [6.07, 6.45) is 7.23. The Balaban J connectivity index is 1.16. The highest BCUT2D eigenvalue weighted by molar-refractivity contribution is 5.93. The van der Waals surface area contributed by atoms with E-state index in [0.29, 0.717) is 54.2 Å². The van der Waals surface area contributed by atoms with E-state index in [1.807, 2.05) is 6.92 Å². The summed E-state index contributed by atoms with van der Waals surface area (Å²) in [4.78, 5) is 34.7. The van der Waals surface area contributed by atoms with Gasteiger partial charge in [0.1, 0.15) is 29.8 Å². The molecule has 4 aromatic rings. The average molecular weight is 602 g/mol. The van der Waals surface area contributed by atoms with Gasteiger partial charge >= 0.3 is 6.03 Å². The van der Waals surface area contributed by atoms with Crippen molar-refractivity contribution in [2.24, 2.45) is 0 Å². The maximum absolute atomic E-state index is 15.2. The average Bonchev–Trinajstić information content (AvgIpc) is 3.56. The number of anilines is 2. The van der Waals surface area contributed by atoms with Gasteiger partial charge in [0.25, 0.3) is 0 Å². The van der Waals surface area contributed by atoms with E-state index < -0.39 is 5.82 Å². The van der Waals surface area contributed by atoms with Crippen LogP contribution in [0.15, 0.2) is 61.6 Å². The van der Waals surface area contributed by atoms with Crippen molar-refractivity contribution in [3.63, 3.8) is 0 Å². The van der Waals surface area contributed by atoms with Crippen molar-refractivity contribution in [3.8, 4) is 23.1 Å². The molecule has 44 heavy (non-hydrogen) atoms. The molecule has 0 unspecified atom stereocenters. The number of carbonyl (C=O) groups is 2. The second-order valence-corrected chi connectivity index (χ2v) is 11.0. The Labute approximate surface area is 252 Å². The number of methoxy groups -OCH3 is 1. The Bertz CT molecular complexity index is 1730. The van der Waals surface area contributed by atoms with Gasteiger partial charge in [-0.05, 0) is 44.0 Å². The van der Waals surface area contributed by atoms with Crippen LogP contribution < -0.4 is 24.8 Å². The van der Waals surface area contributed by atoms with Crippen LogP contribution in [-0.4, -0.2) is 68.4 Å². The Morgan fingerprint density at radius 2 is 1.91 bits per heavy atom. The largest absolute Gasteiger partial charge is 0.493 e. The van der Waals surface area contributed by atoms with Crippen LogP contribution in [0.5, 0.6) is 23.1 Å². The number of nitrogens with zero attached hydrogens (tertiary/aromatic N) is 5. The van der Waals surface area contributed by atoms with Crippen molar-refractivity contribution in [2.75, 3.05) is 25.5 Å². The summed E-state index contributed by atoms with van der Waals surface area (Å²) in [5.41, 5.74) is 0.559. The van der Waals surface area contributed by atoms with Gasteiger partial charge in [0.15, 0.2) is 11.5 Å². The lowest BCUT2D eigenvalue weighted by Gasteiger charge is -2.31. The van der Waals surface area contributed by atoms with E-state index in [-0.39, 0.29) is 40.9 Å². The molecular weight excluding hydrogens is 569 g/mol. The van der Waals surface area contributed by atoms with Crippen LogP contribution in [0, 0.1) is 5.82 Å². The monoisotopic (exact) mass is 601 g/mol. The van der Waals surface area contributed by atoms with E-state index in [1.54, 1.807) is 30.2 Å². The number of nitrogens with one attached hydrogen (secondary N) is 2. The molecule has 3 heterocycles. The lowest BCUT2D eigenvalue weighted by molar-refractivity contribution is -0.127. The molecule has 2 aliphatic rings. The maximum Gasteiger partial charge on any atom is 0.342 e. The first-order chi connectivity index (χ1) is 21.2. The molecular formula is C31H32FN7O5. The number of ether oxygens (including phenoxy) is 3. The van der Waals surface area contributed by atoms with Gasteiger partial charge in [-0.3, -0.25) is 4.79 Å². The lowest BCUT2D eigenvalue weighted by atomic mass is 10.1.